The Bertz CT molecular complexity index is 496. The molecule has 3 N–H and O–H groups in total. The molecule has 0 unspecified atom stereocenters. The summed E-state index contributed by atoms with van der Waals surface area (Å²) in [6.45, 7) is 3.42. The topological polar surface area (TPSA) is 64.6 Å². The second-order valence-corrected chi connectivity index (χ2v) is 5.50. The summed E-state index contributed by atoms with van der Waals surface area (Å²) in [6, 6.07) is 5.81. The normalized spacial score (nSPS) is 18.9. The molecule has 1 fully saturated rings. The Morgan fingerprint density at radius 1 is 1.25 bits per heavy atom. The van der Waals surface area contributed by atoms with Gasteiger partial charge < -0.3 is 20.6 Å². The third-order valence-corrected chi connectivity index (χ3v) is 4.20. The lowest BCUT2D eigenvalue weighted by atomic mass is 9.97. The van der Waals surface area contributed by atoms with Crippen molar-refractivity contribution in [3.05, 3.63) is 23.8 Å². The van der Waals surface area contributed by atoms with E-state index in [9.17, 15) is 4.79 Å². The standard InChI is InChI=1S/C15H21N3O2/c19-10-11-4-8-18(9-5-11)15(20)12-2-1-3-13-14(12)17-7-6-16-13/h1-3,11,16-17,19H,4-10H2. The molecular formula is C15H21N3O2. The summed E-state index contributed by atoms with van der Waals surface area (Å²) >= 11 is 0. The molecule has 2 aliphatic heterocycles. The molecule has 2 heterocycles. The monoisotopic (exact) mass is 275 g/mol. The highest BCUT2D eigenvalue weighted by molar-refractivity contribution is 6.02. The summed E-state index contributed by atoms with van der Waals surface area (Å²) in [7, 11) is 0. The molecule has 0 aromatic heterocycles. The number of benzene rings is 1. The summed E-state index contributed by atoms with van der Waals surface area (Å²) in [6.07, 6.45) is 1.78. The van der Waals surface area contributed by atoms with Gasteiger partial charge in [0, 0.05) is 32.8 Å². The summed E-state index contributed by atoms with van der Waals surface area (Å²) < 4.78 is 0. The maximum atomic E-state index is 12.7. The number of carbonyl (C=O) groups is 1. The Balaban J connectivity index is 1.78. The third kappa shape index (κ3) is 2.45. The van der Waals surface area contributed by atoms with Crippen molar-refractivity contribution in [2.45, 2.75) is 12.8 Å². The fourth-order valence-corrected chi connectivity index (χ4v) is 2.94. The van der Waals surface area contributed by atoms with Crippen molar-refractivity contribution < 1.29 is 9.90 Å². The number of nitrogens with zero attached hydrogens (tertiary/aromatic N) is 1. The van der Waals surface area contributed by atoms with Crippen LogP contribution in [-0.4, -0.2) is 48.7 Å². The fraction of sp³-hybridized carbons (Fsp3) is 0.533. The Hall–Kier alpha value is -1.75. The van der Waals surface area contributed by atoms with E-state index in [-0.39, 0.29) is 12.5 Å². The number of anilines is 2. The summed E-state index contributed by atoms with van der Waals surface area (Å²) in [5, 5.41) is 15.8. The van der Waals surface area contributed by atoms with Crippen molar-refractivity contribution in [2.24, 2.45) is 5.92 Å². The van der Waals surface area contributed by atoms with E-state index in [0.717, 1.165) is 56.0 Å². The molecule has 2 aliphatic rings. The molecule has 1 saturated heterocycles. The first-order chi connectivity index (χ1) is 9.79. The summed E-state index contributed by atoms with van der Waals surface area (Å²) in [5.41, 5.74) is 2.68. The predicted octanol–water partition coefficient (Wildman–Crippen LogP) is 1.37. The molecule has 0 bridgehead atoms. The zero-order chi connectivity index (χ0) is 13.9. The number of amides is 1. The summed E-state index contributed by atoms with van der Waals surface area (Å²) in [4.78, 5) is 14.6. The number of para-hydroxylation sites is 1. The number of rotatable bonds is 2. The van der Waals surface area contributed by atoms with Gasteiger partial charge in [-0.25, -0.2) is 0 Å². The number of nitrogens with one attached hydrogen (secondary N) is 2. The van der Waals surface area contributed by atoms with Crippen LogP contribution in [0.25, 0.3) is 0 Å². The molecule has 0 spiro atoms. The Morgan fingerprint density at radius 2 is 2.00 bits per heavy atom. The number of aliphatic hydroxyl groups excluding tert-OH is 1. The molecule has 0 saturated carbocycles. The fourth-order valence-electron chi connectivity index (χ4n) is 2.94. The predicted molar refractivity (Wildman–Crippen MR) is 79.1 cm³/mol. The van der Waals surface area contributed by atoms with E-state index in [0.29, 0.717) is 5.92 Å². The molecule has 0 atom stereocenters. The molecule has 0 aliphatic carbocycles. The van der Waals surface area contributed by atoms with Crippen LogP contribution < -0.4 is 10.6 Å². The zero-order valence-corrected chi connectivity index (χ0v) is 11.6. The molecule has 1 amide bonds. The van der Waals surface area contributed by atoms with Crippen LogP contribution in [0.15, 0.2) is 18.2 Å². The molecule has 1 aromatic rings. The van der Waals surface area contributed by atoms with Gasteiger partial charge in [-0.2, -0.15) is 0 Å². The number of likely N-dealkylation sites (tertiary alicyclic amines) is 1. The van der Waals surface area contributed by atoms with Crippen LogP contribution in [0.5, 0.6) is 0 Å². The number of fused-ring (bicyclic) bond motifs is 1. The molecule has 0 radical (unpaired) electrons. The van der Waals surface area contributed by atoms with Gasteiger partial charge in [-0.3, -0.25) is 4.79 Å². The first kappa shape index (κ1) is 13.2. The van der Waals surface area contributed by atoms with Crippen LogP contribution in [-0.2, 0) is 0 Å². The molecule has 3 rings (SSSR count). The molecule has 20 heavy (non-hydrogen) atoms. The van der Waals surface area contributed by atoms with Crippen molar-refractivity contribution in [1.29, 1.82) is 0 Å². The van der Waals surface area contributed by atoms with E-state index in [1.807, 2.05) is 23.1 Å². The van der Waals surface area contributed by atoms with E-state index >= 15 is 0 Å². The zero-order valence-electron chi connectivity index (χ0n) is 11.6. The maximum Gasteiger partial charge on any atom is 0.256 e. The Kier molecular flexibility index (Phi) is 3.78. The highest BCUT2D eigenvalue weighted by Gasteiger charge is 2.26. The van der Waals surface area contributed by atoms with Gasteiger partial charge in [0.25, 0.3) is 5.91 Å². The lowest BCUT2D eigenvalue weighted by molar-refractivity contribution is 0.0652. The van der Waals surface area contributed by atoms with Crippen molar-refractivity contribution in [1.82, 2.24) is 4.90 Å². The lowest BCUT2D eigenvalue weighted by Gasteiger charge is -2.32. The van der Waals surface area contributed by atoms with Gasteiger partial charge in [0.1, 0.15) is 0 Å². The Labute approximate surface area is 119 Å². The van der Waals surface area contributed by atoms with Crippen molar-refractivity contribution in [3.63, 3.8) is 0 Å². The van der Waals surface area contributed by atoms with Crippen molar-refractivity contribution in [3.8, 4) is 0 Å². The van der Waals surface area contributed by atoms with Crippen LogP contribution in [0, 0.1) is 5.92 Å². The molecule has 1 aromatic carbocycles. The molecule has 5 heteroatoms. The van der Waals surface area contributed by atoms with Gasteiger partial charge >= 0.3 is 0 Å². The summed E-state index contributed by atoms with van der Waals surface area (Å²) in [5.74, 6) is 0.443. The van der Waals surface area contributed by atoms with Crippen LogP contribution in [0.4, 0.5) is 11.4 Å². The van der Waals surface area contributed by atoms with Gasteiger partial charge in [0.15, 0.2) is 0 Å². The second kappa shape index (κ2) is 5.71. The number of aliphatic hydroxyl groups is 1. The highest BCUT2D eigenvalue weighted by atomic mass is 16.3. The SMILES string of the molecule is O=C(c1cccc2c1NCCN2)N1CCC(CO)CC1. The van der Waals surface area contributed by atoms with E-state index in [2.05, 4.69) is 10.6 Å². The number of carbonyl (C=O) groups excluding carboxylic acids is 1. The highest BCUT2D eigenvalue weighted by Crippen LogP contribution is 2.30. The van der Waals surface area contributed by atoms with Gasteiger partial charge in [-0.15, -0.1) is 0 Å². The molecular weight excluding hydrogens is 254 g/mol. The minimum absolute atomic E-state index is 0.0921. The number of hydrogen-bond acceptors (Lipinski definition) is 4. The molecule has 5 nitrogen and oxygen atoms in total. The van der Waals surface area contributed by atoms with E-state index in [4.69, 9.17) is 5.11 Å². The largest absolute Gasteiger partial charge is 0.396 e. The van der Waals surface area contributed by atoms with Crippen LogP contribution >= 0.6 is 0 Å². The number of hydrogen-bond donors (Lipinski definition) is 3. The van der Waals surface area contributed by atoms with E-state index < -0.39 is 0 Å². The van der Waals surface area contributed by atoms with Crippen LogP contribution in [0.2, 0.25) is 0 Å². The van der Waals surface area contributed by atoms with E-state index in [1.165, 1.54) is 0 Å². The third-order valence-electron chi connectivity index (χ3n) is 4.20. The second-order valence-electron chi connectivity index (χ2n) is 5.50. The number of piperidine rings is 1. The smallest absolute Gasteiger partial charge is 0.256 e. The van der Waals surface area contributed by atoms with Crippen molar-refractivity contribution in [2.75, 3.05) is 43.4 Å². The van der Waals surface area contributed by atoms with Gasteiger partial charge in [0.05, 0.1) is 16.9 Å². The molecule has 108 valence electrons. The minimum Gasteiger partial charge on any atom is -0.396 e. The maximum absolute atomic E-state index is 12.7. The van der Waals surface area contributed by atoms with Gasteiger partial charge in [-0.1, -0.05) is 6.07 Å². The average molecular weight is 275 g/mol. The van der Waals surface area contributed by atoms with Crippen LogP contribution in [0.1, 0.15) is 23.2 Å². The first-order valence-electron chi connectivity index (χ1n) is 7.30. The average Bonchev–Trinajstić information content (AvgIpc) is 2.54. The quantitative estimate of drug-likeness (QED) is 0.763. The first-order valence-corrected chi connectivity index (χ1v) is 7.30. The van der Waals surface area contributed by atoms with Crippen molar-refractivity contribution >= 4 is 17.3 Å². The van der Waals surface area contributed by atoms with Gasteiger partial charge in [0.2, 0.25) is 0 Å². The Morgan fingerprint density at radius 3 is 2.75 bits per heavy atom. The lowest BCUT2D eigenvalue weighted by Crippen LogP contribution is -2.39. The van der Waals surface area contributed by atoms with Gasteiger partial charge in [-0.05, 0) is 30.9 Å². The van der Waals surface area contributed by atoms with E-state index in [1.54, 1.807) is 0 Å². The minimum atomic E-state index is 0.0921. The van der Waals surface area contributed by atoms with Crippen LogP contribution in [0.3, 0.4) is 0 Å².